The Balaban J connectivity index is 1.59. The van der Waals surface area contributed by atoms with Gasteiger partial charge in [0, 0.05) is 43.7 Å². The maximum atomic E-state index is 5.88. The van der Waals surface area contributed by atoms with Crippen LogP contribution in [0, 0.1) is 5.41 Å². The van der Waals surface area contributed by atoms with Crippen LogP contribution >= 0.6 is 0 Å². The Morgan fingerprint density at radius 2 is 1.89 bits per heavy atom. The fourth-order valence-electron chi connectivity index (χ4n) is 4.43. The number of hydrogen-bond acceptors (Lipinski definition) is 3. The van der Waals surface area contributed by atoms with E-state index in [1.165, 1.54) is 51.9 Å². The fourth-order valence-corrected chi connectivity index (χ4v) is 4.43. The van der Waals surface area contributed by atoms with Gasteiger partial charge in [-0.1, -0.05) is 20.3 Å². The summed E-state index contributed by atoms with van der Waals surface area (Å²) in [6, 6.07) is 1.58. The highest BCUT2D eigenvalue weighted by atomic mass is 16.5. The minimum atomic E-state index is 0.340. The molecule has 1 saturated carbocycles. The highest BCUT2D eigenvalue weighted by molar-refractivity contribution is 5.05. The molecule has 2 heterocycles. The van der Waals surface area contributed by atoms with Crippen LogP contribution in [0.15, 0.2) is 0 Å². The quantitative estimate of drug-likeness (QED) is 0.780. The van der Waals surface area contributed by atoms with E-state index in [9.17, 15) is 0 Å². The van der Waals surface area contributed by atoms with Crippen LogP contribution in [0.1, 0.15) is 46.5 Å². The third-order valence-corrected chi connectivity index (χ3v) is 5.80. The van der Waals surface area contributed by atoms with E-state index in [1.807, 2.05) is 0 Å². The Morgan fingerprint density at radius 1 is 1.11 bits per heavy atom. The third kappa shape index (κ3) is 2.45. The van der Waals surface area contributed by atoms with Gasteiger partial charge in [0.05, 0.1) is 6.10 Å². The Morgan fingerprint density at radius 3 is 2.63 bits per heavy atom. The lowest BCUT2D eigenvalue weighted by molar-refractivity contribution is -0.160. The van der Waals surface area contributed by atoms with Gasteiger partial charge in [-0.25, -0.2) is 0 Å². The Bertz CT molecular complexity index is 318. The predicted molar refractivity (Wildman–Crippen MR) is 78.4 cm³/mol. The summed E-state index contributed by atoms with van der Waals surface area (Å²) in [5.74, 6) is 0. The van der Waals surface area contributed by atoms with Gasteiger partial charge < -0.3 is 4.74 Å². The molecule has 2 saturated heterocycles. The van der Waals surface area contributed by atoms with Crippen LogP contribution in [-0.2, 0) is 4.74 Å². The van der Waals surface area contributed by atoms with Gasteiger partial charge >= 0.3 is 0 Å². The van der Waals surface area contributed by atoms with Crippen LogP contribution < -0.4 is 0 Å². The number of hydrogen-bond donors (Lipinski definition) is 0. The minimum absolute atomic E-state index is 0.340. The summed E-state index contributed by atoms with van der Waals surface area (Å²) in [4.78, 5) is 5.49. The van der Waals surface area contributed by atoms with E-state index in [2.05, 4.69) is 30.6 Å². The van der Waals surface area contributed by atoms with E-state index in [1.54, 1.807) is 0 Å². The van der Waals surface area contributed by atoms with Crippen molar-refractivity contribution in [2.75, 3.05) is 32.8 Å². The van der Waals surface area contributed by atoms with Crippen molar-refractivity contribution in [3.05, 3.63) is 0 Å². The van der Waals surface area contributed by atoms with E-state index in [0.717, 1.165) is 18.7 Å². The number of piperidine rings is 1. The molecule has 0 bridgehead atoms. The maximum absolute atomic E-state index is 5.88. The summed E-state index contributed by atoms with van der Waals surface area (Å²) in [6.07, 6.45) is 5.99. The topological polar surface area (TPSA) is 15.7 Å². The first-order valence-corrected chi connectivity index (χ1v) is 8.22. The predicted octanol–water partition coefficient (Wildman–Crippen LogP) is 2.36. The molecule has 19 heavy (non-hydrogen) atoms. The van der Waals surface area contributed by atoms with Crippen LogP contribution in [0.4, 0.5) is 0 Å². The highest BCUT2D eigenvalue weighted by Crippen LogP contribution is 2.46. The first kappa shape index (κ1) is 13.8. The van der Waals surface area contributed by atoms with Gasteiger partial charge in [0.25, 0.3) is 0 Å². The second-order valence-corrected chi connectivity index (χ2v) is 7.20. The molecule has 3 rings (SSSR count). The molecule has 3 atom stereocenters. The van der Waals surface area contributed by atoms with Gasteiger partial charge in [0.15, 0.2) is 0 Å². The van der Waals surface area contributed by atoms with Gasteiger partial charge in [0.1, 0.15) is 0 Å². The molecular formula is C16H30N2O. The average molecular weight is 266 g/mol. The molecule has 0 aromatic heterocycles. The lowest BCUT2D eigenvalue weighted by Crippen LogP contribution is -2.67. The molecule has 3 heteroatoms. The number of nitrogens with zero attached hydrogens (tertiary/aromatic N) is 2. The van der Waals surface area contributed by atoms with Crippen molar-refractivity contribution < 1.29 is 4.74 Å². The summed E-state index contributed by atoms with van der Waals surface area (Å²) in [6.45, 7) is 13.0. The van der Waals surface area contributed by atoms with Gasteiger partial charge in [-0.2, -0.15) is 0 Å². The Labute approximate surface area is 118 Å². The van der Waals surface area contributed by atoms with Crippen molar-refractivity contribution in [3.63, 3.8) is 0 Å². The molecule has 0 aromatic carbocycles. The van der Waals surface area contributed by atoms with Crippen LogP contribution in [0.25, 0.3) is 0 Å². The second-order valence-electron chi connectivity index (χ2n) is 7.20. The van der Waals surface area contributed by atoms with E-state index in [4.69, 9.17) is 4.74 Å². The Kier molecular flexibility index (Phi) is 3.89. The van der Waals surface area contributed by atoms with Gasteiger partial charge in [-0.05, 0) is 32.7 Å². The van der Waals surface area contributed by atoms with Crippen molar-refractivity contribution in [2.24, 2.45) is 5.41 Å². The van der Waals surface area contributed by atoms with E-state index in [-0.39, 0.29) is 0 Å². The fraction of sp³-hybridized carbons (Fsp3) is 1.00. The summed E-state index contributed by atoms with van der Waals surface area (Å²) in [5, 5.41) is 0. The molecule has 0 radical (unpaired) electrons. The van der Waals surface area contributed by atoms with Gasteiger partial charge in [-0.15, -0.1) is 0 Å². The molecule has 0 aromatic rings. The van der Waals surface area contributed by atoms with E-state index >= 15 is 0 Å². The van der Waals surface area contributed by atoms with E-state index < -0.39 is 0 Å². The normalized spacial score (nSPS) is 39.6. The standard InChI is InChI=1S/C16H30N2O/c1-4-19-15-11-14(16(15,2)3)18-10-9-17-8-6-5-7-13(17)12-18/h13-15H,4-12H2,1-3H3. The second kappa shape index (κ2) is 5.34. The van der Waals surface area contributed by atoms with Gasteiger partial charge in [0.2, 0.25) is 0 Å². The molecule has 110 valence electrons. The SMILES string of the molecule is CCOC1CC(N2CCN3CCCCC3C2)C1(C)C. The zero-order chi connectivity index (χ0) is 13.5. The van der Waals surface area contributed by atoms with Crippen molar-refractivity contribution in [2.45, 2.75) is 64.6 Å². The molecule has 1 aliphatic carbocycles. The number of piperazine rings is 1. The molecule has 2 aliphatic heterocycles. The number of fused-ring (bicyclic) bond motifs is 1. The lowest BCUT2D eigenvalue weighted by atomic mass is 9.63. The van der Waals surface area contributed by atoms with Crippen LogP contribution in [0.5, 0.6) is 0 Å². The van der Waals surface area contributed by atoms with E-state index in [0.29, 0.717) is 11.5 Å². The molecule has 3 fully saturated rings. The molecule has 0 amide bonds. The van der Waals surface area contributed by atoms with Crippen LogP contribution in [-0.4, -0.2) is 60.8 Å². The van der Waals surface area contributed by atoms with Crippen molar-refractivity contribution >= 4 is 0 Å². The molecular weight excluding hydrogens is 236 g/mol. The first-order chi connectivity index (χ1) is 9.13. The smallest absolute Gasteiger partial charge is 0.0655 e. The first-order valence-electron chi connectivity index (χ1n) is 8.22. The zero-order valence-corrected chi connectivity index (χ0v) is 12.9. The monoisotopic (exact) mass is 266 g/mol. The molecule has 3 aliphatic rings. The zero-order valence-electron chi connectivity index (χ0n) is 12.9. The van der Waals surface area contributed by atoms with Gasteiger partial charge in [-0.3, -0.25) is 9.80 Å². The summed E-state index contributed by atoms with van der Waals surface area (Å²) >= 11 is 0. The summed E-state index contributed by atoms with van der Waals surface area (Å²) in [5.41, 5.74) is 0.340. The Hall–Kier alpha value is -0.120. The molecule has 0 N–H and O–H groups in total. The minimum Gasteiger partial charge on any atom is -0.378 e. The highest BCUT2D eigenvalue weighted by Gasteiger charge is 2.52. The molecule has 3 nitrogen and oxygen atoms in total. The van der Waals surface area contributed by atoms with Crippen molar-refractivity contribution in [1.29, 1.82) is 0 Å². The summed E-state index contributed by atoms with van der Waals surface area (Å²) in [7, 11) is 0. The summed E-state index contributed by atoms with van der Waals surface area (Å²) < 4.78 is 5.88. The average Bonchev–Trinajstić information content (AvgIpc) is 2.42. The van der Waals surface area contributed by atoms with Crippen molar-refractivity contribution in [1.82, 2.24) is 9.80 Å². The van der Waals surface area contributed by atoms with Crippen molar-refractivity contribution in [3.8, 4) is 0 Å². The molecule has 0 spiro atoms. The largest absolute Gasteiger partial charge is 0.378 e. The maximum Gasteiger partial charge on any atom is 0.0655 e. The third-order valence-electron chi connectivity index (χ3n) is 5.80. The lowest BCUT2D eigenvalue weighted by Gasteiger charge is -2.58. The molecule has 3 unspecified atom stereocenters. The number of ether oxygens (including phenoxy) is 1. The number of rotatable bonds is 3. The van der Waals surface area contributed by atoms with Crippen LogP contribution in [0.2, 0.25) is 0 Å². The van der Waals surface area contributed by atoms with Crippen LogP contribution in [0.3, 0.4) is 0 Å².